The predicted molar refractivity (Wildman–Crippen MR) is 74.3 cm³/mol. The molecule has 1 aliphatic carbocycles. The Balaban J connectivity index is 1.57. The molecule has 0 aromatic rings. The molecule has 2 fully saturated rings. The first-order valence-electron chi connectivity index (χ1n) is 7.73. The summed E-state index contributed by atoms with van der Waals surface area (Å²) in [6.45, 7) is 8.64. The van der Waals surface area contributed by atoms with Gasteiger partial charge in [0.2, 0.25) is 0 Å². The topological polar surface area (TPSA) is 15.3 Å². The van der Waals surface area contributed by atoms with Gasteiger partial charge in [-0.3, -0.25) is 0 Å². The van der Waals surface area contributed by atoms with E-state index >= 15 is 0 Å². The van der Waals surface area contributed by atoms with Gasteiger partial charge in [0.1, 0.15) is 0 Å². The van der Waals surface area contributed by atoms with Crippen LogP contribution in [0.15, 0.2) is 0 Å². The van der Waals surface area contributed by atoms with E-state index in [0.29, 0.717) is 0 Å². The Kier molecular flexibility index (Phi) is 5.30. The highest BCUT2D eigenvalue weighted by molar-refractivity contribution is 4.78. The van der Waals surface area contributed by atoms with Crippen LogP contribution in [0.2, 0.25) is 0 Å². The quantitative estimate of drug-likeness (QED) is 0.741. The van der Waals surface area contributed by atoms with E-state index in [-0.39, 0.29) is 0 Å². The minimum absolute atomic E-state index is 0.817. The standard InChI is InChI=1S/C15H30N2/c1-13-8-9-14(2)17(12-13)11-5-10-16-15-6-3-4-7-15/h13-16H,3-12H2,1-2H3. The second-order valence-corrected chi connectivity index (χ2v) is 6.32. The Bertz CT molecular complexity index is 211. The van der Waals surface area contributed by atoms with Crippen LogP contribution < -0.4 is 5.32 Å². The van der Waals surface area contributed by atoms with Gasteiger partial charge in [0.05, 0.1) is 0 Å². The van der Waals surface area contributed by atoms with Crippen molar-refractivity contribution in [1.29, 1.82) is 0 Å². The summed E-state index contributed by atoms with van der Waals surface area (Å²) in [7, 11) is 0. The second-order valence-electron chi connectivity index (χ2n) is 6.32. The Morgan fingerprint density at radius 2 is 1.82 bits per heavy atom. The molecule has 1 heterocycles. The highest BCUT2D eigenvalue weighted by atomic mass is 15.2. The van der Waals surface area contributed by atoms with E-state index in [1.165, 1.54) is 64.6 Å². The Morgan fingerprint density at radius 1 is 1.06 bits per heavy atom. The fourth-order valence-corrected chi connectivity index (χ4v) is 3.41. The zero-order valence-electron chi connectivity index (χ0n) is 11.8. The zero-order chi connectivity index (χ0) is 12.1. The lowest BCUT2D eigenvalue weighted by atomic mass is 9.95. The summed E-state index contributed by atoms with van der Waals surface area (Å²) < 4.78 is 0. The van der Waals surface area contributed by atoms with Gasteiger partial charge in [-0.2, -0.15) is 0 Å². The Hall–Kier alpha value is -0.0800. The Labute approximate surface area is 107 Å². The van der Waals surface area contributed by atoms with Crippen LogP contribution in [-0.4, -0.2) is 36.6 Å². The third kappa shape index (κ3) is 4.26. The molecule has 1 saturated heterocycles. The van der Waals surface area contributed by atoms with Crippen LogP contribution in [0, 0.1) is 5.92 Å². The summed E-state index contributed by atoms with van der Waals surface area (Å²) >= 11 is 0. The molecule has 0 spiro atoms. The van der Waals surface area contributed by atoms with E-state index in [0.717, 1.165) is 18.0 Å². The number of piperidine rings is 1. The van der Waals surface area contributed by atoms with Gasteiger partial charge in [-0.15, -0.1) is 0 Å². The fraction of sp³-hybridized carbons (Fsp3) is 1.00. The number of nitrogens with zero attached hydrogens (tertiary/aromatic N) is 1. The third-order valence-electron chi connectivity index (χ3n) is 4.66. The van der Waals surface area contributed by atoms with Gasteiger partial charge >= 0.3 is 0 Å². The Morgan fingerprint density at radius 3 is 2.59 bits per heavy atom. The highest BCUT2D eigenvalue weighted by Crippen LogP contribution is 2.21. The molecule has 2 nitrogen and oxygen atoms in total. The van der Waals surface area contributed by atoms with Gasteiger partial charge in [-0.25, -0.2) is 0 Å². The SMILES string of the molecule is CC1CCC(C)N(CCCNC2CCCC2)C1. The summed E-state index contributed by atoms with van der Waals surface area (Å²) in [5, 5.41) is 3.72. The largest absolute Gasteiger partial charge is 0.314 e. The highest BCUT2D eigenvalue weighted by Gasteiger charge is 2.22. The first-order chi connectivity index (χ1) is 8.25. The molecule has 2 rings (SSSR count). The number of hydrogen-bond acceptors (Lipinski definition) is 2. The van der Waals surface area contributed by atoms with Crippen LogP contribution in [-0.2, 0) is 0 Å². The molecule has 0 aromatic heterocycles. The van der Waals surface area contributed by atoms with Crippen LogP contribution in [0.5, 0.6) is 0 Å². The van der Waals surface area contributed by atoms with Crippen LogP contribution in [0.25, 0.3) is 0 Å². The second kappa shape index (κ2) is 6.75. The normalized spacial score (nSPS) is 32.1. The molecule has 2 atom stereocenters. The van der Waals surface area contributed by atoms with E-state index < -0.39 is 0 Å². The van der Waals surface area contributed by atoms with Gasteiger partial charge < -0.3 is 10.2 Å². The maximum atomic E-state index is 3.72. The fourth-order valence-electron chi connectivity index (χ4n) is 3.41. The molecule has 2 unspecified atom stereocenters. The average molecular weight is 238 g/mol. The number of likely N-dealkylation sites (tertiary alicyclic amines) is 1. The summed E-state index contributed by atoms with van der Waals surface area (Å²) in [4.78, 5) is 2.70. The first-order valence-corrected chi connectivity index (χ1v) is 7.73. The van der Waals surface area contributed by atoms with E-state index in [4.69, 9.17) is 0 Å². The monoisotopic (exact) mass is 238 g/mol. The molecule has 1 aliphatic heterocycles. The zero-order valence-corrected chi connectivity index (χ0v) is 11.8. The molecule has 0 radical (unpaired) electrons. The van der Waals surface area contributed by atoms with Gasteiger partial charge in [0.25, 0.3) is 0 Å². The van der Waals surface area contributed by atoms with Crippen molar-refractivity contribution in [3.8, 4) is 0 Å². The summed E-state index contributed by atoms with van der Waals surface area (Å²) in [5.41, 5.74) is 0. The number of hydrogen-bond donors (Lipinski definition) is 1. The molecular weight excluding hydrogens is 208 g/mol. The van der Waals surface area contributed by atoms with Gasteiger partial charge in [-0.05, 0) is 58.0 Å². The smallest absolute Gasteiger partial charge is 0.00671 e. The molecule has 2 heteroatoms. The van der Waals surface area contributed by atoms with Crippen molar-refractivity contribution in [2.24, 2.45) is 5.92 Å². The van der Waals surface area contributed by atoms with Crippen LogP contribution in [0.3, 0.4) is 0 Å². The molecule has 2 aliphatic rings. The van der Waals surface area contributed by atoms with E-state index in [1.54, 1.807) is 0 Å². The van der Waals surface area contributed by atoms with Crippen molar-refractivity contribution in [2.75, 3.05) is 19.6 Å². The van der Waals surface area contributed by atoms with Crippen molar-refractivity contribution in [3.05, 3.63) is 0 Å². The molecule has 1 N–H and O–H groups in total. The first kappa shape index (κ1) is 13.4. The maximum absolute atomic E-state index is 3.72. The average Bonchev–Trinajstić information content (AvgIpc) is 2.82. The minimum Gasteiger partial charge on any atom is -0.314 e. The van der Waals surface area contributed by atoms with Crippen molar-refractivity contribution in [1.82, 2.24) is 10.2 Å². The summed E-state index contributed by atoms with van der Waals surface area (Å²) in [6.07, 6.45) is 9.87. The van der Waals surface area contributed by atoms with Crippen molar-refractivity contribution in [3.63, 3.8) is 0 Å². The summed E-state index contributed by atoms with van der Waals surface area (Å²) in [6, 6.07) is 1.66. The van der Waals surface area contributed by atoms with E-state index in [2.05, 4.69) is 24.1 Å². The molecule has 100 valence electrons. The molecule has 0 aromatic carbocycles. The lowest BCUT2D eigenvalue weighted by Crippen LogP contribution is -2.42. The van der Waals surface area contributed by atoms with Crippen molar-refractivity contribution in [2.45, 2.75) is 70.9 Å². The van der Waals surface area contributed by atoms with Crippen molar-refractivity contribution >= 4 is 0 Å². The van der Waals surface area contributed by atoms with Crippen molar-refractivity contribution < 1.29 is 0 Å². The summed E-state index contributed by atoms with van der Waals surface area (Å²) in [5.74, 6) is 0.911. The number of nitrogens with one attached hydrogen (secondary N) is 1. The van der Waals surface area contributed by atoms with Gasteiger partial charge in [0.15, 0.2) is 0 Å². The third-order valence-corrected chi connectivity index (χ3v) is 4.66. The molecule has 17 heavy (non-hydrogen) atoms. The number of rotatable bonds is 5. The van der Waals surface area contributed by atoms with Gasteiger partial charge in [-0.1, -0.05) is 19.8 Å². The van der Waals surface area contributed by atoms with Gasteiger partial charge in [0, 0.05) is 18.6 Å². The van der Waals surface area contributed by atoms with E-state index in [9.17, 15) is 0 Å². The molecule has 0 amide bonds. The lowest BCUT2D eigenvalue weighted by molar-refractivity contribution is 0.123. The molecular formula is C15H30N2. The predicted octanol–water partition coefficient (Wildman–Crippen LogP) is 3.03. The van der Waals surface area contributed by atoms with Crippen LogP contribution in [0.4, 0.5) is 0 Å². The minimum atomic E-state index is 0.817. The maximum Gasteiger partial charge on any atom is 0.00671 e. The van der Waals surface area contributed by atoms with E-state index in [1.807, 2.05) is 0 Å². The molecule has 1 saturated carbocycles. The van der Waals surface area contributed by atoms with Crippen LogP contribution >= 0.6 is 0 Å². The van der Waals surface area contributed by atoms with Crippen LogP contribution in [0.1, 0.15) is 58.8 Å². The molecule has 0 bridgehead atoms. The lowest BCUT2D eigenvalue weighted by Gasteiger charge is -2.36.